The molecular formula is C12H20N2O2S2. The van der Waals surface area contributed by atoms with Gasteiger partial charge in [-0.3, -0.25) is 0 Å². The normalized spacial score (nSPS) is 11.9. The number of nitrogens with two attached hydrogens (primary N) is 1. The van der Waals surface area contributed by atoms with E-state index >= 15 is 0 Å². The van der Waals surface area contributed by atoms with Gasteiger partial charge in [0.05, 0.1) is 5.75 Å². The molecule has 0 amide bonds. The highest BCUT2D eigenvalue weighted by molar-refractivity contribution is 8.00. The maximum Gasteiger partial charge on any atom is 0.214 e. The summed E-state index contributed by atoms with van der Waals surface area (Å²) in [4.78, 5) is 1.04. The molecule has 0 aromatic heterocycles. The third-order valence-corrected chi connectivity index (χ3v) is 5.88. The number of benzene rings is 1. The highest BCUT2D eigenvalue weighted by atomic mass is 32.2. The van der Waals surface area contributed by atoms with Crippen LogP contribution in [0.15, 0.2) is 29.2 Å². The topological polar surface area (TPSA) is 63.4 Å². The minimum atomic E-state index is -3.11. The van der Waals surface area contributed by atoms with Crippen LogP contribution in [-0.2, 0) is 10.0 Å². The van der Waals surface area contributed by atoms with E-state index in [1.807, 2.05) is 38.1 Å². The summed E-state index contributed by atoms with van der Waals surface area (Å²) in [6, 6.07) is 7.45. The van der Waals surface area contributed by atoms with Crippen LogP contribution in [0.2, 0.25) is 0 Å². The second kappa shape index (κ2) is 7.01. The van der Waals surface area contributed by atoms with Crippen LogP contribution in [0.25, 0.3) is 0 Å². The molecule has 1 aromatic rings. The van der Waals surface area contributed by atoms with Crippen LogP contribution in [0.4, 0.5) is 5.69 Å². The van der Waals surface area contributed by atoms with E-state index in [0.29, 0.717) is 18.8 Å². The van der Waals surface area contributed by atoms with Gasteiger partial charge >= 0.3 is 0 Å². The predicted octanol–water partition coefficient (Wildman–Crippen LogP) is 2.03. The molecule has 0 fully saturated rings. The van der Waals surface area contributed by atoms with Gasteiger partial charge in [-0.1, -0.05) is 13.8 Å². The molecule has 1 rings (SSSR count). The van der Waals surface area contributed by atoms with Gasteiger partial charge in [0, 0.05) is 29.4 Å². The Bertz CT molecular complexity index is 453. The van der Waals surface area contributed by atoms with Crippen LogP contribution >= 0.6 is 11.8 Å². The molecular weight excluding hydrogens is 268 g/mol. The first kappa shape index (κ1) is 15.3. The molecule has 18 heavy (non-hydrogen) atoms. The zero-order valence-electron chi connectivity index (χ0n) is 10.8. The summed E-state index contributed by atoms with van der Waals surface area (Å²) in [6.45, 7) is 4.78. The van der Waals surface area contributed by atoms with Crippen molar-refractivity contribution >= 4 is 27.5 Å². The fourth-order valence-corrected chi connectivity index (χ4v) is 4.36. The lowest BCUT2D eigenvalue weighted by molar-refractivity contribution is 0.446. The third-order valence-electron chi connectivity index (χ3n) is 2.59. The number of hydrogen-bond acceptors (Lipinski definition) is 4. The number of anilines is 1. The fraction of sp³-hybridized carbons (Fsp3) is 0.500. The van der Waals surface area contributed by atoms with E-state index in [9.17, 15) is 8.42 Å². The predicted molar refractivity (Wildman–Crippen MR) is 78.3 cm³/mol. The quantitative estimate of drug-likeness (QED) is 0.616. The maximum atomic E-state index is 11.9. The van der Waals surface area contributed by atoms with Crippen molar-refractivity contribution in [2.75, 3.05) is 30.3 Å². The summed E-state index contributed by atoms with van der Waals surface area (Å²) in [5, 5.41) is 0. The lowest BCUT2D eigenvalue weighted by Gasteiger charge is -2.17. The van der Waals surface area contributed by atoms with Crippen LogP contribution in [0.5, 0.6) is 0 Å². The Hall–Kier alpha value is -0.720. The molecule has 1 aromatic carbocycles. The van der Waals surface area contributed by atoms with Gasteiger partial charge in [0.1, 0.15) is 0 Å². The number of nitrogen functional groups attached to an aromatic ring is 1. The second-order valence-electron chi connectivity index (χ2n) is 3.82. The van der Waals surface area contributed by atoms with Crippen molar-refractivity contribution in [2.45, 2.75) is 18.7 Å². The molecule has 0 aliphatic carbocycles. The van der Waals surface area contributed by atoms with Crippen molar-refractivity contribution in [2.24, 2.45) is 0 Å². The maximum absolute atomic E-state index is 11.9. The first-order chi connectivity index (χ1) is 8.49. The monoisotopic (exact) mass is 288 g/mol. The Balaban J connectivity index is 2.48. The summed E-state index contributed by atoms with van der Waals surface area (Å²) >= 11 is 1.53. The van der Waals surface area contributed by atoms with Crippen molar-refractivity contribution < 1.29 is 8.42 Å². The summed E-state index contributed by atoms with van der Waals surface area (Å²) in [6.07, 6.45) is 0. The smallest absolute Gasteiger partial charge is 0.214 e. The van der Waals surface area contributed by atoms with Gasteiger partial charge in [-0.15, -0.1) is 11.8 Å². The fourth-order valence-electron chi connectivity index (χ4n) is 1.57. The van der Waals surface area contributed by atoms with Gasteiger partial charge in [0.15, 0.2) is 0 Å². The molecule has 0 saturated carbocycles. The zero-order chi connectivity index (χ0) is 13.6. The molecule has 0 unspecified atom stereocenters. The van der Waals surface area contributed by atoms with Gasteiger partial charge < -0.3 is 5.73 Å². The molecule has 0 aliphatic heterocycles. The van der Waals surface area contributed by atoms with E-state index in [-0.39, 0.29) is 5.75 Å². The van der Waals surface area contributed by atoms with Gasteiger partial charge in [0.2, 0.25) is 10.0 Å². The molecule has 4 nitrogen and oxygen atoms in total. The number of hydrogen-bond donors (Lipinski definition) is 1. The molecule has 0 aliphatic rings. The summed E-state index contributed by atoms with van der Waals surface area (Å²) in [7, 11) is -3.11. The summed E-state index contributed by atoms with van der Waals surface area (Å²) < 4.78 is 25.4. The van der Waals surface area contributed by atoms with E-state index in [4.69, 9.17) is 5.73 Å². The van der Waals surface area contributed by atoms with Gasteiger partial charge in [0.25, 0.3) is 0 Å². The molecule has 6 heteroatoms. The van der Waals surface area contributed by atoms with Gasteiger partial charge in [-0.25, -0.2) is 12.7 Å². The van der Waals surface area contributed by atoms with E-state index in [1.165, 1.54) is 16.1 Å². The standard InChI is InChI=1S/C12H20N2O2S2/c1-3-14(4-2)18(15,16)10-9-17-12-7-5-11(13)6-8-12/h5-8H,3-4,9-10,13H2,1-2H3. The largest absolute Gasteiger partial charge is 0.399 e. The summed E-state index contributed by atoms with van der Waals surface area (Å²) in [5.41, 5.74) is 6.31. The molecule has 2 N–H and O–H groups in total. The first-order valence-corrected chi connectivity index (χ1v) is 8.55. The number of rotatable bonds is 7. The molecule has 0 radical (unpaired) electrons. The Morgan fingerprint density at radius 3 is 2.22 bits per heavy atom. The molecule has 0 atom stereocenters. The van der Waals surface area contributed by atoms with Crippen molar-refractivity contribution in [3.8, 4) is 0 Å². The Labute approximate surface area is 114 Å². The minimum absolute atomic E-state index is 0.170. The third kappa shape index (κ3) is 4.51. The molecule has 0 heterocycles. The van der Waals surface area contributed by atoms with Crippen LogP contribution in [0, 0.1) is 0 Å². The first-order valence-electron chi connectivity index (χ1n) is 5.95. The Morgan fingerprint density at radius 2 is 1.72 bits per heavy atom. The second-order valence-corrected chi connectivity index (χ2v) is 7.07. The molecule has 0 saturated heterocycles. The van der Waals surface area contributed by atoms with Crippen molar-refractivity contribution in [3.05, 3.63) is 24.3 Å². The van der Waals surface area contributed by atoms with Crippen molar-refractivity contribution in [1.29, 1.82) is 0 Å². The number of sulfonamides is 1. The van der Waals surface area contributed by atoms with Crippen LogP contribution in [0.3, 0.4) is 0 Å². The van der Waals surface area contributed by atoms with Crippen molar-refractivity contribution in [3.63, 3.8) is 0 Å². The van der Waals surface area contributed by atoms with Crippen LogP contribution < -0.4 is 5.73 Å². The average Bonchev–Trinajstić information content (AvgIpc) is 2.32. The SMILES string of the molecule is CCN(CC)S(=O)(=O)CCSc1ccc(N)cc1. The number of nitrogens with zero attached hydrogens (tertiary/aromatic N) is 1. The number of thioether (sulfide) groups is 1. The Morgan fingerprint density at radius 1 is 1.17 bits per heavy atom. The van der Waals surface area contributed by atoms with E-state index < -0.39 is 10.0 Å². The highest BCUT2D eigenvalue weighted by Gasteiger charge is 2.17. The summed E-state index contributed by atoms with van der Waals surface area (Å²) in [5.74, 6) is 0.729. The Kier molecular flexibility index (Phi) is 5.98. The van der Waals surface area contributed by atoms with E-state index in [2.05, 4.69) is 0 Å². The van der Waals surface area contributed by atoms with Gasteiger partial charge in [-0.05, 0) is 24.3 Å². The zero-order valence-corrected chi connectivity index (χ0v) is 12.4. The van der Waals surface area contributed by atoms with E-state index in [0.717, 1.165) is 10.6 Å². The highest BCUT2D eigenvalue weighted by Crippen LogP contribution is 2.19. The lowest BCUT2D eigenvalue weighted by atomic mass is 10.3. The average molecular weight is 288 g/mol. The lowest BCUT2D eigenvalue weighted by Crippen LogP contribution is -2.33. The van der Waals surface area contributed by atoms with Gasteiger partial charge in [-0.2, -0.15) is 0 Å². The van der Waals surface area contributed by atoms with Crippen LogP contribution in [0.1, 0.15) is 13.8 Å². The van der Waals surface area contributed by atoms with Crippen molar-refractivity contribution in [1.82, 2.24) is 4.31 Å². The molecule has 0 bridgehead atoms. The minimum Gasteiger partial charge on any atom is -0.399 e. The molecule has 102 valence electrons. The van der Waals surface area contributed by atoms with Crippen LogP contribution in [-0.4, -0.2) is 37.3 Å². The van der Waals surface area contributed by atoms with E-state index in [1.54, 1.807) is 0 Å². The molecule has 0 spiro atoms.